The molecule has 1 aromatic carbocycles. The molecule has 0 aliphatic rings. The third kappa shape index (κ3) is 2.76. The topological polar surface area (TPSA) is 21.3 Å². The minimum Gasteiger partial charge on any atom is -0.496 e. The third-order valence-corrected chi connectivity index (χ3v) is 2.92. The van der Waals surface area contributed by atoms with Crippen molar-refractivity contribution in [3.8, 4) is 5.75 Å². The Morgan fingerprint density at radius 1 is 1.25 bits per heavy atom. The SMILES string of the molecule is CCNC(CC)c1c(C)cc(C)cc1OC. The molecule has 1 unspecified atom stereocenters. The summed E-state index contributed by atoms with van der Waals surface area (Å²) in [5.74, 6) is 1.00. The van der Waals surface area contributed by atoms with Gasteiger partial charge in [0.15, 0.2) is 0 Å². The highest BCUT2D eigenvalue weighted by atomic mass is 16.5. The summed E-state index contributed by atoms with van der Waals surface area (Å²) in [4.78, 5) is 0. The molecule has 0 saturated heterocycles. The smallest absolute Gasteiger partial charge is 0.124 e. The standard InChI is InChI=1S/C14H23NO/c1-6-12(15-7-2)14-11(4)8-10(3)9-13(14)16-5/h8-9,12,15H,6-7H2,1-5H3. The normalized spacial score (nSPS) is 12.6. The van der Waals surface area contributed by atoms with Gasteiger partial charge in [0.2, 0.25) is 0 Å². The highest BCUT2D eigenvalue weighted by Gasteiger charge is 2.16. The first-order valence-corrected chi connectivity index (χ1v) is 6.02. The predicted molar refractivity (Wildman–Crippen MR) is 69.2 cm³/mol. The molecule has 1 rings (SSSR count). The van der Waals surface area contributed by atoms with Gasteiger partial charge in [0, 0.05) is 11.6 Å². The molecule has 1 N–H and O–H groups in total. The van der Waals surface area contributed by atoms with Gasteiger partial charge in [0.25, 0.3) is 0 Å². The minimum absolute atomic E-state index is 0.389. The van der Waals surface area contributed by atoms with E-state index in [1.54, 1.807) is 7.11 Å². The highest BCUT2D eigenvalue weighted by molar-refractivity contribution is 5.45. The van der Waals surface area contributed by atoms with Crippen LogP contribution >= 0.6 is 0 Å². The van der Waals surface area contributed by atoms with Crippen molar-refractivity contribution in [3.63, 3.8) is 0 Å². The summed E-state index contributed by atoms with van der Waals surface area (Å²) in [6, 6.07) is 4.72. The Labute approximate surface area is 99.0 Å². The molecule has 0 aliphatic carbocycles. The lowest BCUT2D eigenvalue weighted by molar-refractivity contribution is 0.397. The van der Waals surface area contributed by atoms with Crippen molar-refractivity contribution >= 4 is 0 Å². The van der Waals surface area contributed by atoms with Crippen LogP contribution in [0.4, 0.5) is 0 Å². The Morgan fingerprint density at radius 3 is 2.44 bits per heavy atom. The second-order valence-electron chi connectivity index (χ2n) is 4.22. The number of ether oxygens (including phenoxy) is 1. The Hall–Kier alpha value is -1.02. The van der Waals surface area contributed by atoms with E-state index in [-0.39, 0.29) is 0 Å². The fourth-order valence-electron chi connectivity index (χ4n) is 2.25. The molecule has 0 heterocycles. The summed E-state index contributed by atoms with van der Waals surface area (Å²) in [6.07, 6.45) is 1.08. The van der Waals surface area contributed by atoms with E-state index in [1.165, 1.54) is 16.7 Å². The van der Waals surface area contributed by atoms with Crippen molar-refractivity contribution in [1.29, 1.82) is 0 Å². The van der Waals surface area contributed by atoms with E-state index in [9.17, 15) is 0 Å². The van der Waals surface area contributed by atoms with Crippen LogP contribution in [-0.4, -0.2) is 13.7 Å². The molecule has 0 amide bonds. The Kier molecular flexibility index (Phi) is 4.81. The first-order valence-electron chi connectivity index (χ1n) is 6.02. The van der Waals surface area contributed by atoms with Crippen LogP contribution in [0.1, 0.15) is 43.0 Å². The molecule has 1 aromatic rings. The van der Waals surface area contributed by atoms with Crippen molar-refractivity contribution < 1.29 is 4.74 Å². The fraction of sp³-hybridized carbons (Fsp3) is 0.571. The molecule has 90 valence electrons. The van der Waals surface area contributed by atoms with Gasteiger partial charge in [-0.05, 0) is 44.0 Å². The zero-order valence-electron chi connectivity index (χ0n) is 11.1. The van der Waals surface area contributed by atoms with E-state index in [0.717, 1.165) is 18.7 Å². The predicted octanol–water partition coefficient (Wildman–Crippen LogP) is 3.37. The van der Waals surface area contributed by atoms with Crippen LogP contribution in [0.15, 0.2) is 12.1 Å². The zero-order chi connectivity index (χ0) is 12.1. The van der Waals surface area contributed by atoms with E-state index >= 15 is 0 Å². The summed E-state index contributed by atoms with van der Waals surface area (Å²) < 4.78 is 5.50. The van der Waals surface area contributed by atoms with Crippen molar-refractivity contribution in [1.82, 2.24) is 5.32 Å². The number of aryl methyl sites for hydroxylation is 2. The number of benzene rings is 1. The van der Waals surface area contributed by atoms with Gasteiger partial charge in [-0.15, -0.1) is 0 Å². The summed E-state index contributed by atoms with van der Waals surface area (Å²) in [7, 11) is 1.75. The summed E-state index contributed by atoms with van der Waals surface area (Å²) >= 11 is 0. The molecular formula is C14H23NO. The zero-order valence-corrected chi connectivity index (χ0v) is 11.1. The minimum atomic E-state index is 0.389. The Morgan fingerprint density at radius 2 is 1.94 bits per heavy atom. The molecule has 2 nitrogen and oxygen atoms in total. The first kappa shape index (κ1) is 13.0. The number of hydrogen-bond donors (Lipinski definition) is 1. The quantitative estimate of drug-likeness (QED) is 0.823. The van der Waals surface area contributed by atoms with Crippen LogP contribution in [0, 0.1) is 13.8 Å². The van der Waals surface area contributed by atoms with E-state index in [4.69, 9.17) is 4.74 Å². The largest absolute Gasteiger partial charge is 0.496 e. The van der Waals surface area contributed by atoms with Gasteiger partial charge in [-0.2, -0.15) is 0 Å². The van der Waals surface area contributed by atoms with Crippen molar-refractivity contribution in [2.24, 2.45) is 0 Å². The third-order valence-electron chi connectivity index (χ3n) is 2.92. The van der Waals surface area contributed by atoms with E-state index in [2.05, 4.69) is 45.1 Å². The van der Waals surface area contributed by atoms with Crippen LogP contribution in [0.2, 0.25) is 0 Å². The molecule has 0 bridgehead atoms. The lowest BCUT2D eigenvalue weighted by Gasteiger charge is -2.22. The summed E-state index contributed by atoms with van der Waals surface area (Å²) in [5.41, 5.74) is 3.87. The van der Waals surface area contributed by atoms with E-state index in [0.29, 0.717) is 6.04 Å². The molecule has 0 aromatic heterocycles. The molecule has 0 fully saturated rings. The molecule has 16 heavy (non-hydrogen) atoms. The van der Waals surface area contributed by atoms with Crippen LogP contribution in [0.5, 0.6) is 5.75 Å². The van der Waals surface area contributed by atoms with Crippen LogP contribution in [0.3, 0.4) is 0 Å². The van der Waals surface area contributed by atoms with Crippen LogP contribution in [0.25, 0.3) is 0 Å². The molecular weight excluding hydrogens is 198 g/mol. The number of rotatable bonds is 5. The lowest BCUT2D eigenvalue weighted by Crippen LogP contribution is -2.21. The maximum atomic E-state index is 5.50. The number of methoxy groups -OCH3 is 1. The molecule has 2 heteroatoms. The van der Waals surface area contributed by atoms with E-state index in [1.807, 2.05) is 0 Å². The maximum absolute atomic E-state index is 5.50. The molecule has 0 saturated carbocycles. The molecule has 1 atom stereocenters. The fourth-order valence-corrected chi connectivity index (χ4v) is 2.25. The van der Waals surface area contributed by atoms with Gasteiger partial charge in [0.1, 0.15) is 5.75 Å². The van der Waals surface area contributed by atoms with Gasteiger partial charge in [-0.1, -0.05) is 19.9 Å². The van der Waals surface area contributed by atoms with Gasteiger partial charge in [0.05, 0.1) is 7.11 Å². The number of hydrogen-bond acceptors (Lipinski definition) is 2. The van der Waals surface area contributed by atoms with Crippen LogP contribution < -0.4 is 10.1 Å². The molecule has 0 spiro atoms. The Bertz CT molecular complexity index is 347. The Balaban J connectivity index is 3.18. The maximum Gasteiger partial charge on any atom is 0.124 e. The van der Waals surface area contributed by atoms with Gasteiger partial charge >= 0.3 is 0 Å². The average molecular weight is 221 g/mol. The second kappa shape index (κ2) is 5.90. The molecule has 0 radical (unpaired) electrons. The lowest BCUT2D eigenvalue weighted by atomic mass is 9.96. The highest BCUT2D eigenvalue weighted by Crippen LogP contribution is 2.31. The average Bonchev–Trinajstić information content (AvgIpc) is 2.25. The van der Waals surface area contributed by atoms with Gasteiger partial charge < -0.3 is 10.1 Å². The van der Waals surface area contributed by atoms with Gasteiger partial charge in [-0.25, -0.2) is 0 Å². The monoisotopic (exact) mass is 221 g/mol. The second-order valence-corrected chi connectivity index (χ2v) is 4.22. The summed E-state index contributed by atoms with van der Waals surface area (Å²) in [5, 5.41) is 3.50. The van der Waals surface area contributed by atoms with E-state index < -0.39 is 0 Å². The van der Waals surface area contributed by atoms with Crippen molar-refractivity contribution in [2.45, 2.75) is 40.2 Å². The summed E-state index contributed by atoms with van der Waals surface area (Å²) in [6.45, 7) is 9.58. The van der Waals surface area contributed by atoms with Crippen molar-refractivity contribution in [2.75, 3.05) is 13.7 Å². The van der Waals surface area contributed by atoms with Gasteiger partial charge in [-0.3, -0.25) is 0 Å². The number of nitrogens with one attached hydrogen (secondary N) is 1. The first-order chi connectivity index (χ1) is 7.63. The van der Waals surface area contributed by atoms with Crippen LogP contribution in [-0.2, 0) is 0 Å². The molecule has 0 aliphatic heterocycles. The van der Waals surface area contributed by atoms with Crippen molar-refractivity contribution in [3.05, 3.63) is 28.8 Å².